The lowest BCUT2D eigenvalue weighted by atomic mass is 10.2. The maximum Gasteiger partial charge on any atom is 0.239 e. The van der Waals surface area contributed by atoms with Gasteiger partial charge in [-0.3, -0.25) is 9.00 Å². The Hall–Kier alpha value is -1.20. The Bertz CT molecular complexity index is 408. The van der Waals surface area contributed by atoms with Gasteiger partial charge in [-0.2, -0.15) is 0 Å². The van der Waals surface area contributed by atoms with E-state index in [0.717, 1.165) is 5.69 Å². The summed E-state index contributed by atoms with van der Waals surface area (Å²) in [5, 5.41) is 0. The fourth-order valence-corrected chi connectivity index (χ4v) is 2.28. The number of anilines is 1. The highest BCUT2D eigenvalue weighted by Gasteiger charge is 2.22. The second kappa shape index (κ2) is 7.28. The Balaban J connectivity index is 2.95. The summed E-state index contributed by atoms with van der Waals surface area (Å²) in [4.78, 5) is 13.8. The Kier molecular flexibility index (Phi) is 6.01. The van der Waals surface area contributed by atoms with Gasteiger partial charge in [0.15, 0.2) is 0 Å². The Labute approximate surface area is 110 Å². The fraction of sp³-hybridized carbons (Fsp3) is 0.462. The van der Waals surface area contributed by atoms with Crippen LogP contribution in [0.5, 0.6) is 0 Å². The van der Waals surface area contributed by atoms with Crippen molar-refractivity contribution in [1.29, 1.82) is 0 Å². The molecule has 1 aromatic rings. The molecule has 0 saturated carbocycles. The quantitative estimate of drug-likeness (QED) is 0.785. The number of hydrogen-bond acceptors (Lipinski definition) is 3. The van der Waals surface area contributed by atoms with Gasteiger partial charge in [0.2, 0.25) is 5.91 Å². The zero-order chi connectivity index (χ0) is 13.5. The van der Waals surface area contributed by atoms with E-state index >= 15 is 0 Å². The molecule has 2 unspecified atom stereocenters. The number of hydrogen-bond donors (Lipinski definition) is 0. The molecule has 0 bridgehead atoms. The Morgan fingerprint density at radius 3 is 2.50 bits per heavy atom. The third-order valence-electron chi connectivity index (χ3n) is 2.48. The smallest absolute Gasteiger partial charge is 0.239 e. The van der Waals surface area contributed by atoms with Crippen molar-refractivity contribution >= 4 is 22.4 Å². The number of amides is 1. The number of para-hydroxylation sites is 1. The molecule has 0 aromatic heterocycles. The van der Waals surface area contributed by atoms with E-state index in [1.165, 1.54) is 6.26 Å². The SMILES string of the molecule is COCC(C)N(C(=O)CS(C)=O)c1ccccc1. The van der Waals surface area contributed by atoms with Gasteiger partial charge in [-0.25, -0.2) is 0 Å². The third kappa shape index (κ3) is 4.23. The van der Waals surface area contributed by atoms with Crippen molar-refractivity contribution in [2.45, 2.75) is 13.0 Å². The lowest BCUT2D eigenvalue weighted by Crippen LogP contribution is -2.43. The molecule has 0 spiro atoms. The van der Waals surface area contributed by atoms with E-state index < -0.39 is 10.8 Å². The first-order valence-electron chi connectivity index (χ1n) is 5.72. The van der Waals surface area contributed by atoms with Crippen molar-refractivity contribution in [1.82, 2.24) is 0 Å². The minimum absolute atomic E-state index is 0.0307. The van der Waals surface area contributed by atoms with Gasteiger partial charge in [0.05, 0.1) is 12.6 Å². The molecule has 0 N–H and O–H groups in total. The average molecular weight is 269 g/mol. The van der Waals surface area contributed by atoms with Crippen LogP contribution in [-0.2, 0) is 20.3 Å². The third-order valence-corrected chi connectivity index (χ3v) is 3.13. The Morgan fingerprint density at radius 1 is 1.39 bits per heavy atom. The van der Waals surface area contributed by atoms with Crippen molar-refractivity contribution in [3.05, 3.63) is 30.3 Å². The molecule has 0 aliphatic rings. The van der Waals surface area contributed by atoms with Gasteiger partial charge in [-0.15, -0.1) is 0 Å². The van der Waals surface area contributed by atoms with Gasteiger partial charge < -0.3 is 9.64 Å². The van der Waals surface area contributed by atoms with Gasteiger partial charge in [0.1, 0.15) is 5.75 Å². The molecule has 100 valence electrons. The molecule has 0 saturated heterocycles. The van der Waals surface area contributed by atoms with Gasteiger partial charge in [0, 0.05) is 29.9 Å². The van der Waals surface area contributed by atoms with Crippen LogP contribution < -0.4 is 4.90 Å². The molecule has 2 atom stereocenters. The number of benzene rings is 1. The first-order chi connectivity index (χ1) is 8.56. The standard InChI is InChI=1S/C13H19NO3S/c1-11(9-17-2)14(13(15)10-18(3)16)12-7-5-4-6-8-12/h4-8,11H,9-10H2,1-3H3. The first kappa shape index (κ1) is 14.9. The molecule has 5 heteroatoms. The molecule has 0 fully saturated rings. The van der Waals surface area contributed by atoms with Crippen LogP contribution in [-0.4, -0.2) is 41.9 Å². The molecule has 1 amide bonds. The van der Waals surface area contributed by atoms with Crippen molar-refractivity contribution in [2.75, 3.05) is 30.6 Å². The topological polar surface area (TPSA) is 46.6 Å². The normalized spacial score (nSPS) is 13.9. The predicted octanol–water partition coefficient (Wildman–Crippen LogP) is 1.43. The summed E-state index contributed by atoms with van der Waals surface area (Å²) in [5.41, 5.74) is 0.803. The minimum atomic E-state index is -1.14. The summed E-state index contributed by atoms with van der Waals surface area (Å²) in [6.45, 7) is 2.35. The number of carbonyl (C=O) groups is 1. The zero-order valence-electron chi connectivity index (χ0n) is 11.0. The van der Waals surface area contributed by atoms with Crippen LogP contribution in [0.15, 0.2) is 30.3 Å². The highest BCUT2D eigenvalue weighted by molar-refractivity contribution is 7.85. The lowest BCUT2D eigenvalue weighted by Gasteiger charge is -2.28. The minimum Gasteiger partial charge on any atom is -0.383 e. The number of methoxy groups -OCH3 is 1. The molecule has 18 heavy (non-hydrogen) atoms. The number of rotatable bonds is 6. The van der Waals surface area contributed by atoms with Crippen LogP contribution in [0.3, 0.4) is 0 Å². The highest BCUT2D eigenvalue weighted by atomic mass is 32.2. The lowest BCUT2D eigenvalue weighted by molar-refractivity contribution is -0.116. The summed E-state index contributed by atoms with van der Waals surface area (Å²) in [7, 11) is 0.457. The van der Waals surface area contributed by atoms with E-state index in [2.05, 4.69) is 0 Å². The van der Waals surface area contributed by atoms with E-state index in [9.17, 15) is 9.00 Å². The maximum absolute atomic E-state index is 12.1. The summed E-state index contributed by atoms with van der Waals surface area (Å²) in [6.07, 6.45) is 1.53. The number of nitrogens with zero attached hydrogens (tertiary/aromatic N) is 1. The summed E-state index contributed by atoms with van der Waals surface area (Å²) in [6, 6.07) is 9.28. The summed E-state index contributed by atoms with van der Waals surface area (Å²) >= 11 is 0. The van der Waals surface area contributed by atoms with E-state index in [1.54, 1.807) is 12.0 Å². The van der Waals surface area contributed by atoms with Crippen LogP contribution >= 0.6 is 0 Å². The molecular formula is C13H19NO3S. The summed E-state index contributed by atoms with van der Waals surface area (Å²) < 4.78 is 16.3. The van der Waals surface area contributed by atoms with Gasteiger partial charge in [-0.05, 0) is 19.1 Å². The van der Waals surface area contributed by atoms with Crippen molar-refractivity contribution < 1.29 is 13.7 Å². The van der Waals surface area contributed by atoms with E-state index in [0.29, 0.717) is 6.61 Å². The van der Waals surface area contributed by atoms with Crippen molar-refractivity contribution in [3.63, 3.8) is 0 Å². The number of ether oxygens (including phenoxy) is 1. The molecule has 0 heterocycles. The fourth-order valence-electron chi connectivity index (χ4n) is 1.79. The monoisotopic (exact) mass is 269 g/mol. The molecule has 4 nitrogen and oxygen atoms in total. The second-order valence-electron chi connectivity index (χ2n) is 4.12. The molecule has 0 aliphatic carbocycles. The average Bonchev–Trinajstić information content (AvgIpc) is 2.30. The summed E-state index contributed by atoms with van der Waals surface area (Å²) in [5.74, 6) is -0.116. The van der Waals surface area contributed by atoms with Crippen LogP contribution in [0, 0.1) is 0 Å². The van der Waals surface area contributed by atoms with Crippen LogP contribution in [0.25, 0.3) is 0 Å². The molecule has 1 rings (SSSR count). The second-order valence-corrected chi connectivity index (χ2v) is 5.56. The van der Waals surface area contributed by atoms with E-state index in [4.69, 9.17) is 4.74 Å². The Morgan fingerprint density at radius 2 is 2.00 bits per heavy atom. The molecule has 1 aromatic carbocycles. The van der Waals surface area contributed by atoms with Gasteiger partial charge in [0.25, 0.3) is 0 Å². The predicted molar refractivity (Wildman–Crippen MR) is 74.2 cm³/mol. The van der Waals surface area contributed by atoms with Crippen molar-refractivity contribution in [2.24, 2.45) is 0 Å². The zero-order valence-corrected chi connectivity index (χ0v) is 11.8. The number of carbonyl (C=O) groups excluding carboxylic acids is 1. The maximum atomic E-state index is 12.1. The van der Waals surface area contributed by atoms with E-state index in [1.807, 2.05) is 37.3 Å². The molecular weight excluding hydrogens is 250 g/mol. The van der Waals surface area contributed by atoms with Gasteiger partial charge in [-0.1, -0.05) is 18.2 Å². The van der Waals surface area contributed by atoms with Crippen LogP contribution in [0.1, 0.15) is 6.92 Å². The molecule has 0 radical (unpaired) electrons. The van der Waals surface area contributed by atoms with Crippen LogP contribution in [0.4, 0.5) is 5.69 Å². The molecule has 0 aliphatic heterocycles. The first-order valence-corrected chi connectivity index (χ1v) is 7.45. The van der Waals surface area contributed by atoms with E-state index in [-0.39, 0.29) is 17.7 Å². The largest absolute Gasteiger partial charge is 0.383 e. The van der Waals surface area contributed by atoms with Crippen LogP contribution in [0.2, 0.25) is 0 Å². The van der Waals surface area contributed by atoms with Crippen molar-refractivity contribution in [3.8, 4) is 0 Å². The highest BCUT2D eigenvalue weighted by Crippen LogP contribution is 2.17. The van der Waals surface area contributed by atoms with Gasteiger partial charge >= 0.3 is 0 Å².